The summed E-state index contributed by atoms with van der Waals surface area (Å²) in [4.78, 5) is 18.3. The van der Waals surface area contributed by atoms with Crippen LogP contribution < -0.4 is 0 Å². The number of aromatic nitrogens is 1. The van der Waals surface area contributed by atoms with Crippen molar-refractivity contribution in [3.8, 4) is 5.75 Å². The summed E-state index contributed by atoms with van der Waals surface area (Å²) < 4.78 is 5.85. The molecule has 1 aromatic rings. The Morgan fingerprint density at radius 2 is 2.18 bits per heavy atom. The Bertz CT molecular complexity index is 514. The van der Waals surface area contributed by atoms with Crippen LogP contribution in [-0.2, 0) is 4.74 Å². The largest absolute Gasteiger partial charge is 0.505 e. The molecule has 1 saturated carbocycles. The van der Waals surface area contributed by atoms with E-state index in [0.29, 0.717) is 19.7 Å². The number of aromatic hydroxyl groups is 1. The van der Waals surface area contributed by atoms with E-state index in [1.807, 2.05) is 0 Å². The third-order valence-electron chi connectivity index (χ3n) is 4.74. The highest BCUT2D eigenvalue weighted by Crippen LogP contribution is 2.29. The van der Waals surface area contributed by atoms with Gasteiger partial charge in [-0.05, 0) is 24.5 Å². The molecule has 0 aromatic carbocycles. The summed E-state index contributed by atoms with van der Waals surface area (Å²) in [7, 11) is 0. The first-order valence-electron chi connectivity index (χ1n) is 8.29. The Labute approximate surface area is 131 Å². The number of hydrogen-bond acceptors (Lipinski definition) is 4. The molecule has 1 N–H and O–H groups in total. The van der Waals surface area contributed by atoms with Crippen LogP contribution in [0.3, 0.4) is 0 Å². The fraction of sp³-hybridized carbons (Fsp3) is 0.647. The van der Waals surface area contributed by atoms with Crippen LogP contribution in [0.15, 0.2) is 18.3 Å². The second-order valence-electron chi connectivity index (χ2n) is 6.35. The molecule has 1 aliphatic heterocycles. The zero-order valence-electron chi connectivity index (χ0n) is 12.9. The predicted molar refractivity (Wildman–Crippen MR) is 82.7 cm³/mol. The molecule has 0 bridgehead atoms. The van der Waals surface area contributed by atoms with Crippen molar-refractivity contribution in [3.63, 3.8) is 0 Å². The van der Waals surface area contributed by atoms with E-state index in [0.717, 1.165) is 12.3 Å². The van der Waals surface area contributed by atoms with Crippen LogP contribution in [0, 0.1) is 5.92 Å². The van der Waals surface area contributed by atoms with Crippen molar-refractivity contribution in [2.45, 2.75) is 44.6 Å². The Kier molecular flexibility index (Phi) is 4.93. The fourth-order valence-electron chi connectivity index (χ4n) is 3.55. The molecule has 0 radical (unpaired) electrons. The summed E-state index contributed by atoms with van der Waals surface area (Å²) in [5.41, 5.74) is 0.140. The molecule has 1 amide bonds. The summed E-state index contributed by atoms with van der Waals surface area (Å²) >= 11 is 0. The lowest BCUT2D eigenvalue weighted by atomic mass is 9.85. The number of carbonyl (C=O) groups excluding carboxylic acids is 1. The molecule has 1 aromatic heterocycles. The minimum Gasteiger partial charge on any atom is -0.505 e. The maximum atomic E-state index is 12.5. The number of pyridine rings is 1. The lowest BCUT2D eigenvalue weighted by Gasteiger charge is -2.35. The Morgan fingerprint density at radius 3 is 2.95 bits per heavy atom. The molecule has 1 atom stereocenters. The molecule has 1 aliphatic carbocycles. The van der Waals surface area contributed by atoms with Crippen molar-refractivity contribution in [1.29, 1.82) is 0 Å². The topological polar surface area (TPSA) is 62.7 Å². The second kappa shape index (κ2) is 7.09. The molecule has 5 nitrogen and oxygen atoms in total. The van der Waals surface area contributed by atoms with Gasteiger partial charge < -0.3 is 14.7 Å². The average Bonchev–Trinajstić information content (AvgIpc) is 2.56. The highest BCUT2D eigenvalue weighted by molar-refractivity contribution is 5.94. The third-order valence-corrected chi connectivity index (χ3v) is 4.74. The molecular weight excluding hydrogens is 280 g/mol. The van der Waals surface area contributed by atoms with E-state index in [1.165, 1.54) is 44.4 Å². The lowest BCUT2D eigenvalue weighted by Crippen LogP contribution is -2.46. The standard InChI is InChI=1S/C17H24N2O3/c20-15-7-4-8-18-16(15)17(21)19-9-10-22-14(12-19)11-13-5-2-1-3-6-13/h4,7-8,13-14,20H,1-3,5-6,9-12H2/t14-/m1/s1. The van der Waals surface area contributed by atoms with Gasteiger partial charge in [-0.1, -0.05) is 32.1 Å². The number of nitrogens with zero attached hydrogens (tertiary/aromatic N) is 2. The van der Waals surface area contributed by atoms with Crippen LogP contribution in [0.25, 0.3) is 0 Å². The zero-order chi connectivity index (χ0) is 15.4. The van der Waals surface area contributed by atoms with Crippen LogP contribution in [0.4, 0.5) is 0 Å². The summed E-state index contributed by atoms with van der Waals surface area (Å²) in [5, 5.41) is 9.80. The van der Waals surface area contributed by atoms with Gasteiger partial charge in [0.2, 0.25) is 0 Å². The van der Waals surface area contributed by atoms with E-state index in [-0.39, 0.29) is 23.5 Å². The van der Waals surface area contributed by atoms with Crippen LogP contribution in [0.2, 0.25) is 0 Å². The van der Waals surface area contributed by atoms with Crippen LogP contribution in [0.1, 0.15) is 49.0 Å². The number of carbonyl (C=O) groups is 1. The van der Waals surface area contributed by atoms with Gasteiger partial charge in [0, 0.05) is 19.3 Å². The van der Waals surface area contributed by atoms with Gasteiger partial charge in [-0.15, -0.1) is 0 Å². The lowest BCUT2D eigenvalue weighted by molar-refractivity contribution is -0.0339. The van der Waals surface area contributed by atoms with E-state index in [9.17, 15) is 9.90 Å². The molecule has 0 spiro atoms. The van der Waals surface area contributed by atoms with Crippen LogP contribution in [0.5, 0.6) is 5.75 Å². The van der Waals surface area contributed by atoms with E-state index >= 15 is 0 Å². The van der Waals surface area contributed by atoms with Crippen molar-refractivity contribution in [3.05, 3.63) is 24.0 Å². The molecule has 1 saturated heterocycles. The first-order valence-corrected chi connectivity index (χ1v) is 8.29. The molecule has 0 unspecified atom stereocenters. The van der Waals surface area contributed by atoms with Gasteiger partial charge in [0.1, 0.15) is 5.75 Å². The normalized spacial score (nSPS) is 23.5. The Balaban J connectivity index is 1.60. The van der Waals surface area contributed by atoms with E-state index in [4.69, 9.17) is 4.74 Å². The SMILES string of the molecule is O=C(c1ncccc1O)N1CCO[C@H](CC2CCCCC2)C1. The number of ether oxygens (including phenoxy) is 1. The van der Waals surface area contributed by atoms with Crippen LogP contribution >= 0.6 is 0 Å². The molecule has 3 rings (SSSR count). The second-order valence-corrected chi connectivity index (χ2v) is 6.35. The average molecular weight is 304 g/mol. The monoisotopic (exact) mass is 304 g/mol. The summed E-state index contributed by atoms with van der Waals surface area (Å²) in [5.74, 6) is 0.481. The Hall–Kier alpha value is -1.62. The molecule has 2 heterocycles. The minimum atomic E-state index is -0.199. The van der Waals surface area contributed by atoms with Gasteiger partial charge in [-0.3, -0.25) is 4.79 Å². The molecule has 22 heavy (non-hydrogen) atoms. The van der Waals surface area contributed by atoms with Gasteiger partial charge >= 0.3 is 0 Å². The van der Waals surface area contributed by atoms with Crippen molar-refractivity contribution in [2.24, 2.45) is 5.92 Å². The molecule has 2 fully saturated rings. The number of amides is 1. The highest BCUT2D eigenvalue weighted by atomic mass is 16.5. The first kappa shape index (κ1) is 15.3. The first-order chi connectivity index (χ1) is 10.7. The van der Waals surface area contributed by atoms with Crippen molar-refractivity contribution in [1.82, 2.24) is 9.88 Å². The quantitative estimate of drug-likeness (QED) is 0.932. The number of rotatable bonds is 3. The van der Waals surface area contributed by atoms with Gasteiger partial charge in [0.05, 0.1) is 12.7 Å². The van der Waals surface area contributed by atoms with Gasteiger partial charge in [-0.2, -0.15) is 0 Å². The zero-order valence-corrected chi connectivity index (χ0v) is 12.9. The molecule has 5 heteroatoms. The minimum absolute atomic E-state index is 0.0529. The summed E-state index contributed by atoms with van der Waals surface area (Å²) in [6.07, 6.45) is 9.26. The summed E-state index contributed by atoms with van der Waals surface area (Å²) in [6, 6.07) is 3.12. The predicted octanol–water partition coefficient (Wildman–Crippen LogP) is 2.60. The van der Waals surface area contributed by atoms with E-state index < -0.39 is 0 Å². The van der Waals surface area contributed by atoms with Crippen molar-refractivity contribution >= 4 is 5.91 Å². The maximum Gasteiger partial charge on any atom is 0.276 e. The number of morpholine rings is 1. The van der Waals surface area contributed by atoms with Crippen molar-refractivity contribution in [2.75, 3.05) is 19.7 Å². The molecule has 120 valence electrons. The Morgan fingerprint density at radius 1 is 1.36 bits per heavy atom. The number of hydrogen-bond donors (Lipinski definition) is 1. The third kappa shape index (κ3) is 3.58. The van der Waals surface area contributed by atoms with E-state index in [2.05, 4.69) is 4.98 Å². The van der Waals surface area contributed by atoms with Gasteiger partial charge in [0.15, 0.2) is 5.69 Å². The fourth-order valence-corrected chi connectivity index (χ4v) is 3.55. The van der Waals surface area contributed by atoms with Gasteiger partial charge in [0.25, 0.3) is 5.91 Å². The summed E-state index contributed by atoms with van der Waals surface area (Å²) in [6.45, 7) is 1.73. The maximum absolute atomic E-state index is 12.5. The van der Waals surface area contributed by atoms with E-state index in [1.54, 1.807) is 11.0 Å². The smallest absolute Gasteiger partial charge is 0.276 e. The molecular formula is C17H24N2O3. The highest BCUT2D eigenvalue weighted by Gasteiger charge is 2.29. The van der Waals surface area contributed by atoms with Crippen molar-refractivity contribution < 1.29 is 14.6 Å². The van der Waals surface area contributed by atoms with Gasteiger partial charge in [-0.25, -0.2) is 4.98 Å². The molecule has 2 aliphatic rings. The van der Waals surface area contributed by atoms with Crippen LogP contribution in [-0.4, -0.2) is 46.7 Å².